The van der Waals surface area contributed by atoms with E-state index in [-0.39, 0.29) is 11.9 Å². The number of nitrogens with two attached hydrogens (primary N) is 1. The molecule has 19 heavy (non-hydrogen) atoms. The molecule has 2 N–H and O–H groups in total. The first kappa shape index (κ1) is 13.7. The molecule has 1 unspecified atom stereocenters. The molecule has 1 aromatic carbocycles. The van der Waals surface area contributed by atoms with Crippen LogP contribution in [-0.2, 0) is 4.79 Å². The molecule has 1 aromatic rings. The fourth-order valence-electron chi connectivity index (χ4n) is 2.66. The van der Waals surface area contributed by atoms with Crippen molar-refractivity contribution in [2.24, 2.45) is 5.73 Å². The van der Waals surface area contributed by atoms with Crippen LogP contribution in [0.25, 0.3) is 0 Å². The maximum Gasteiger partial charge on any atom is 0.231 e. The Labute approximate surface area is 113 Å². The molecule has 0 saturated carbocycles. The largest absolute Gasteiger partial charge is 0.497 e. The van der Waals surface area contributed by atoms with Crippen LogP contribution in [0.5, 0.6) is 11.5 Å². The van der Waals surface area contributed by atoms with Crippen LogP contribution in [0.4, 0.5) is 0 Å². The van der Waals surface area contributed by atoms with E-state index in [1.165, 1.54) is 0 Å². The van der Waals surface area contributed by atoms with E-state index < -0.39 is 0 Å². The normalized spacial score (nSPS) is 19.4. The van der Waals surface area contributed by atoms with E-state index in [0.717, 1.165) is 36.4 Å². The highest BCUT2D eigenvalue weighted by Crippen LogP contribution is 2.38. The Balaban J connectivity index is 2.27. The summed E-state index contributed by atoms with van der Waals surface area (Å²) in [5, 5.41) is 0. The first-order valence-electron chi connectivity index (χ1n) is 6.40. The second kappa shape index (κ2) is 5.93. The Morgan fingerprint density at radius 3 is 2.84 bits per heavy atom. The SMILES string of the molecule is COc1ccc(C2CCCN2CC(N)=O)c(OC)c1. The number of nitrogens with zero attached hydrogens (tertiary/aromatic N) is 1. The number of primary amides is 1. The van der Waals surface area contributed by atoms with Gasteiger partial charge in [-0.05, 0) is 25.5 Å². The third-order valence-corrected chi connectivity index (χ3v) is 3.52. The fraction of sp³-hybridized carbons (Fsp3) is 0.500. The van der Waals surface area contributed by atoms with Gasteiger partial charge in [-0.25, -0.2) is 0 Å². The van der Waals surface area contributed by atoms with Crippen LogP contribution in [-0.4, -0.2) is 38.1 Å². The minimum absolute atomic E-state index is 0.188. The van der Waals surface area contributed by atoms with Gasteiger partial charge in [-0.15, -0.1) is 0 Å². The van der Waals surface area contributed by atoms with Gasteiger partial charge in [0.15, 0.2) is 0 Å². The Hall–Kier alpha value is -1.75. The molecule has 2 rings (SSSR count). The number of ether oxygens (including phenoxy) is 2. The highest BCUT2D eigenvalue weighted by molar-refractivity contribution is 5.76. The molecular weight excluding hydrogens is 244 g/mol. The van der Waals surface area contributed by atoms with Gasteiger partial charge in [0.25, 0.3) is 0 Å². The van der Waals surface area contributed by atoms with Crippen molar-refractivity contribution >= 4 is 5.91 Å². The molecule has 104 valence electrons. The van der Waals surface area contributed by atoms with E-state index in [4.69, 9.17) is 15.2 Å². The number of carbonyl (C=O) groups is 1. The van der Waals surface area contributed by atoms with Gasteiger partial charge in [0.1, 0.15) is 11.5 Å². The van der Waals surface area contributed by atoms with Crippen molar-refractivity contribution in [2.45, 2.75) is 18.9 Å². The lowest BCUT2D eigenvalue weighted by Gasteiger charge is -2.25. The average Bonchev–Trinajstić information content (AvgIpc) is 2.85. The van der Waals surface area contributed by atoms with Gasteiger partial charge in [-0.2, -0.15) is 0 Å². The van der Waals surface area contributed by atoms with Crippen molar-refractivity contribution < 1.29 is 14.3 Å². The molecule has 0 bridgehead atoms. The van der Waals surface area contributed by atoms with Gasteiger partial charge in [0, 0.05) is 17.7 Å². The number of benzene rings is 1. The lowest BCUT2D eigenvalue weighted by atomic mass is 10.0. The molecule has 1 amide bonds. The van der Waals surface area contributed by atoms with E-state index >= 15 is 0 Å². The second-order valence-electron chi connectivity index (χ2n) is 4.70. The summed E-state index contributed by atoms with van der Waals surface area (Å²) in [6.07, 6.45) is 2.07. The predicted octanol–water partition coefficient (Wildman–Crippen LogP) is 1.33. The number of hydrogen-bond donors (Lipinski definition) is 1. The fourth-order valence-corrected chi connectivity index (χ4v) is 2.66. The summed E-state index contributed by atoms with van der Waals surface area (Å²) in [5.74, 6) is 1.26. The summed E-state index contributed by atoms with van der Waals surface area (Å²) < 4.78 is 10.6. The minimum atomic E-state index is -0.292. The predicted molar refractivity (Wildman–Crippen MR) is 72.3 cm³/mol. The number of carbonyl (C=O) groups excluding carboxylic acids is 1. The minimum Gasteiger partial charge on any atom is -0.497 e. The van der Waals surface area contributed by atoms with Crippen LogP contribution in [0.1, 0.15) is 24.4 Å². The van der Waals surface area contributed by atoms with Crippen molar-refractivity contribution in [1.29, 1.82) is 0 Å². The lowest BCUT2D eigenvalue weighted by Crippen LogP contribution is -2.33. The molecule has 0 aromatic heterocycles. The second-order valence-corrected chi connectivity index (χ2v) is 4.70. The van der Waals surface area contributed by atoms with Gasteiger partial charge < -0.3 is 15.2 Å². The molecule has 0 spiro atoms. The summed E-state index contributed by atoms with van der Waals surface area (Å²) in [5.41, 5.74) is 6.38. The number of likely N-dealkylation sites (tertiary alicyclic amines) is 1. The topological polar surface area (TPSA) is 64.8 Å². The highest BCUT2D eigenvalue weighted by atomic mass is 16.5. The lowest BCUT2D eigenvalue weighted by molar-refractivity contribution is -0.119. The zero-order valence-electron chi connectivity index (χ0n) is 11.4. The monoisotopic (exact) mass is 264 g/mol. The average molecular weight is 264 g/mol. The number of methoxy groups -OCH3 is 2. The van der Waals surface area contributed by atoms with E-state index in [1.54, 1.807) is 14.2 Å². The summed E-state index contributed by atoms with van der Waals surface area (Å²) in [7, 11) is 3.27. The molecule has 1 saturated heterocycles. The van der Waals surface area contributed by atoms with E-state index in [1.807, 2.05) is 18.2 Å². The maximum absolute atomic E-state index is 11.1. The molecular formula is C14H20N2O3. The van der Waals surface area contributed by atoms with Gasteiger partial charge in [0.2, 0.25) is 5.91 Å². The van der Waals surface area contributed by atoms with Gasteiger partial charge in [0.05, 0.1) is 20.8 Å². The Bertz CT molecular complexity index is 462. The maximum atomic E-state index is 11.1. The molecule has 1 aliphatic rings. The first-order chi connectivity index (χ1) is 9.15. The summed E-state index contributed by atoms with van der Waals surface area (Å²) in [4.78, 5) is 13.2. The number of hydrogen-bond acceptors (Lipinski definition) is 4. The molecule has 0 aliphatic carbocycles. The van der Waals surface area contributed by atoms with E-state index in [2.05, 4.69) is 4.90 Å². The van der Waals surface area contributed by atoms with Crippen molar-refractivity contribution in [3.05, 3.63) is 23.8 Å². The summed E-state index contributed by atoms with van der Waals surface area (Å²) >= 11 is 0. The van der Waals surface area contributed by atoms with Gasteiger partial charge in [-0.1, -0.05) is 6.07 Å². The Morgan fingerprint density at radius 2 is 2.21 bits per heavy atom. The molecule has 1 fully saturated rings. The van der Waals surface area contributed by atoms with Crippen molar-refractivity contribution in [2.75, 3.05) is 27.3 Å². The molecule has 1 aliphatic heterocycles. The third-order valence-electron chi connectivity index (χ3n) is 3.52. The molecule has 1 atom stereocenters. The van der Waals surface area contributed by atoms with Crippen LogP contribution in [0.3, 0.4) is 0 Å². The Kier molecular flexibility index (Phi) is 4.27. The smallest absolute Gasteiger partial charge is 0.231 e. The zero-order chi connectivity index (χ0) is 13.8. The van der Waals surface area contributed by atoms with Crippen LogP contribution < -0.4 is 15.2 Å². The van der Waals surface area contributed by atoms with Gasteiger partial charge in [-0.3, -0.25) is 9.69 Å². The molecule has 0 radical (unpaired) electrons. The Morgan fingerprint density at radius 1 is 1.42 bits per heavy atom. The zero-order valence-corrected chi connectivity index (χ0v) is 11.4. The molecule has 1 heterocycles. The van der Waals surface area contributed by atoms with E-state index in [9.17, 15) is 4.79 Å². The van der Waals surface area contributed by atoms with Gasteiger partial charge >= 0.3 is 0 Å². The van der Waals surface area contributed by atoms with Crippen LogP contribution in [0.15, 0.2) is 18.2 Å². The number of rotatable bonds is 5. The van der Waals surface area contributed by atoms with E-state index in [0.29, 0.717) is 6.54 Å². The standard InChI is InChI=1S/C14H20N2O3/c1-18-10-5-6-11(13(8-10)19-2)12-4-3-7-16(12)9-14(15)17/h5-6,8,12H,3-4,7,9H2,1-2H3,(H2,15,17). The highest BCUT2D eigenvalue weighted by Gasteiger charge is 2.29. The molecule has 5 heteroatoms. The van der Waals surface area contributed by atoms with Crippen molar-refractivity contribution in [1.82, 2.24) is 4.90 Å². The van der Waals surface area contributed by atoms with Crippen LogP contribution in [0.2, 0.25) is 0 Å². The first-order valence-corrected chi connectivity index (χ1v) is 6.40. The summed E-state index contributed by atoms with van der Waals surface area (Å²) in [6.45, 7) is 1.18. The third kappa shape index (κ3) is 2.98. The van der Waals surface area contributed by atoms with Crippen molar-refractivity contribution in [3.63, 3.8) is 0 Å². The number of amides is 1. The van der Waals surface area contributed by atoms with Crippen LogP contribution >= 0.6 is 0 Å². The van der Waals surface area contributed by atoms with Crippen LogP contribution in [0, 0.1) is 0 Å². The summed E-state index contributed by atoms with van der Waals surface area (Å²) in [6, 6.07) is 5.98. The quantitative estimate of drug-likeness (QED) is 0.871. The molecule has 5 nitrogen and oxygen atoms in total. The van der Waals surface area contributed by atoms with Crippen molar-refractivity contribution in [3.8, 4) is 11.5 Å².